The molecule has 2 saturated heterocycles. The van der Waals surface area contributed by atoms with Gasteiger partial charge in [-0.25, -0.2) is 4.79 Å². The topological polar surface area (TPSA) is 79.0 Å². The van der Waals surface area contributed by atoms with E-state index >= 15 is 0 Å². The molecule has 1 N–H and O–H groups in total. The van der Waals surface area contributed by atoms with Crippen molar-refractivity contribution in [3.05, 3.63) is 0 Å². The summed E-state index contributed by atoms with van der Waals surface area (Å²) in [5.41, 5.74) is -0.258. The van der Waals surface area contributed by atoms with E-state index in [0.717, 1.165) is 0 Å². The summed E-state index contributed by atoms with van der Waals surface area (Å²) in [5, 5.41) is 2.80. The molecule has 7 nitrogen and oxygen atoms in total. The van der Waals surface area contributed by atoms with Crippen molar-refractivity contribution in [2.24, 2.45) is 5.92 Å². The van der Waals surface area contributed by atoms with Crippen LogP contribution in [0.1, 0.15) is 40.0 Å². The molecule has 0 aliphatic carbocycles. The fourth-order valence-electron chi connectivity index (χ4n) is 3.36. The summed E-state index contributed by atoms with van der Waals surface area (Å²) in [4.78, 5) is 40.0. The van der Waals surface area contributed by atoms with Crippen LogP contribution in [0.25, 0.3) is 0 Å². The molecule has 0 spiro atoms. The van der Waals surface area contributed by atoms with Crippen molar-refractivity contribution in [1.82, 2.24) is 15.1 Å². The van der Waals surface area contributed by atoms with E-state index in [1.54, 1.807) is 4.90 Å². The van der Waals surface area contributed by atoms with Crippen LogP contribution in [-0.4, -0.2) is 71.4 Å². The first-order valence-electron chi connectivity index (χ1n) is 8.81. The molecule has 2 aliphatic rings. The lowest BCUT2D eigenvalue weighted by Gasteiger charge is -2.34. The van der Waals surface area contributed by atoms with E-state index in [9.17, 15) is 14.4 Å². The number of halogens is 1. The Kier molecular flexibility index (Phi) is 6.54. The van der Waals surface area contributed by atoms with Crippen LogP contribution in [0.3, 0.4) is 0 Å². The van der Waals surface area contributed by atoms with Gasteiger partial charge in [0.25, 0.3) is 0 Å². The van der Waals surface area contributed by atoms with E-state index in [4.69, 9.17) is 16.3 Å². The Morgan fingerprint density at radius 2 is 1.92 bits per heavy atom. The number of carbonyl (C=O) groups is 3. The molecule has 0 bridgehead atoms. The zero-order valence-electron chi connectivity index (χ0n) is 15.2. The number of ether oxygens (including phenoxy) is 1. The summed E-state index contributed by atoms with van der Waals surface area (Å²) in [6, 6.07) is 0.00293. The highest BCUT2D eigenvalue weighted by molar-refractivity contribution is 6.18. The molecular formula is C17H28ClN3O4. The molecule has 2 aliphatic heterocycles. The number of hydrogen-bond donors (Lipinski definition) is 1. The molecule has 1 atom stereocenters. The predicted molar refractivity (Wildman–Crippen MR) is 94.4 cm³/mol. The van der Waals surface area contributed by atoms with Gasteiger partial charge in [-0.1, -0.05) is 0 Å². The second-order valence-electron chi connectivity index (χ2n) is 7.65. The molecule has 142 valence electrons. The second kappa shape index (κ2) is 8.25. The Morgan fingerprint density at radius 1 is 1.28 bits per heavy atom. The Morgan fingerprint density at radius 3 is 2.44 bits per heavy atom. The van der Waals surface area contributed by atoms with Crippen LogP contribution in [-0.2, 0) is 14.3 Å². The van der Waals surface area contributed by atoms with Crippen LogP contribution >= 0.6 is 11.6 Å². The lowest BCUT2D eigenvalue weighted by atomic mass is 10.0. The van der Waals surface area contributed by atoms with Gasteiger partial charge in [0.05, 0.1) is 11.8 Å². The fraction of sp³-hybridized carbons (Fsp3) is 0.824. The molecule has 2 rings (SSSR count). The van der Waals surface area contributed by atoms with Gasteiger partial charge in [0.2, 0.25) is 11.8 Å². The maximum atomic E-state index is 12.7. The van der Waals surface area contributed by atoms with E-state index in [2.05, 4.69) is 5.32 Å². The van der Waals surface area contributed by atoms with E-state index in [0.29, 0.717) is 38.9 Å². The van der Waals surface area contributed by atoms with Crippen LogP contribution in [0, 0.1) is 5.92 Å². The summed E-state index contributed by atoms with van der Waals surface area (Å²) >= 11 is 5.48. The maximum Gasteiger partial charge on any atom is 0.407 e. The third-order valence-electron chi connectivity index (χ3n) is 4.72. The molecular weight excluding hydrogens is 346 g/mol. The number of hydrogen-bond acceptors (Lipinski definition) is 4. The first-order chi connectivity index (χ1) is 11.7. The van der Waals surface area contributed by atoms with Crippen LogP contribution < -0.4 is 5.32 Å². The highest BCUT2D eigenvalue weighted by Crippen LogP contribution is 2.27. The van der Waals surface area contributed by atoms with E-state index in [-0.39, 0.29) is 41.8 Å². The zero-order chi connectivity index (χ0) is 18.6. The smallest absolute Gasteiger partial charge is 0.407 e. The average Bonchev–Trinajstić information content (AvgIpc) is 2.95. The first kappa shape index (κ1) is 19.8. The van der Waals surface area contributed by atoms with Crippen molar-refractivity contribution in [2.75, 3.05) is 32.1 Å². The summed E-state index contributed by atoms with van der Waals surface area (Å²) in [7, 11) is 0. The minimum absolute atomic E-state index is 0.00293. The number of rotatable bonds is 4. The average molecular weight is 374 g/mol. The number of carbonyl (C=O) groups excluding carboxylic acids is 3. The molecule has 0 aromatic carbocycles. The summed E-state index contributed by atoms with van der Waals surface area (Å²) in [5.74, 6) is 0.101. The van der Waals surface area contributed by atoms with Crippen LogP contribution in [0.4, 0.5) is 4.79 Å². The van der Waals surface area contributed by atoms with Crippen molar-refractivity contribution >= 4 is 29.5 Å². The standard InChI is InChI=1S/C17H28ClN3O4/c1-17(2,3)21-11-12(10-14(21)22)15(23)20-7-4-13(5-8-20)19-16(24)25-9-6-18/h12-13H,4-11H2,1-3H3,(H,19,24). The second-order valence-corrected chi connectivity index (χ2v) is 8.02. The van der Waals surface area contributed by atoms with Crippen LogP contribution in [0.15, 0.2) is 0 Å². The molecule has 2 fully saturated rings. The third kappa shape index (κ3) is 5.23. The largest absolute Gasteiger partial charge is 0.448 e. The Hall–Kier alpha value is -1.50. The van der Waals surface area contributed by atoms with Crippen molar-refractivity contribution in [2.45, 2.75) is 51.6 Å². The fourth-order valence-corrected chi connectivity index (χ4v) is 3.44. The van der Waals surface area contributed by atoms with E-state index in [1.165, 1.54) is 0 Å². The highest BCUT2D eigenvalue weighted by atomic mass is 35.5. The number of likely N-dealkylation sites (tertiary alicyclic amines) is 2. The monoisotopic (exact) mass is 373 g/mol. The normalized spacial score (nSPS) is 22.2. The number of alkyl carbamates (subject to hydrolysis) is 1. The zero-order valence-corrected chi connectivity index (χ0v) is 16.0. The van der Waals surface area contributed by atoms with Gasteiger partial charge >= 0.3 is 6.09 Å². The Bertz CT molecular complexity index is 513. The van der Waals surface area contributed by atoms with Gasteiger partial charge in [-0.3, -0.25) is 9.59 Å². The van der Waals surface area contributed by atoms with Crippen molar-refractivity contribution < 1.29 is 19.1 Å². The minimum atomic E-state index is -0.465. The summed E-state index contributed by atoms with van der Waals surface area (Å²) in [6.07, 6.45) is 1.20. The number of piperidine rings is 1. The van der Waals surface area contributed by atoms with Crippen molar-refractivity contribution in [1.29, 1.82) is 0 Å². The molecule has 0 aromatic heterocycles. The third-order valence-corrected chi connectivity index (χ3v) is 4.88. The van der Waals surface area contributed by atoms with Crippen molar-refractivity contribution in [3.63, 3.8) is 0 Å². The SMILES string of the molecule is CC(C)(C)N1CC(C(=O)N2CCC(NC(=O)OCCCl)CC2)CC1=O. The molecule has 2 heterocycles. The van der Waals surface area contributed by atoms with Gasteiger partial charge in [-0.05, 0) is 33.6 Å². The molecule has 0 radical (unpaired) electrons. The van der Waals surface area contributed by atoms with Gasteiger partial charge in [0.15, 0.2) is 0 Å². The molecule has 8 heteroatoms. The number of nitrogens with zero attached hydrogens (tertiary/aromatic N) is 2. The first-order valence-corrected chi connectivity index (χ1v) is 9.34. The molecule has 1 unspecified atom stereocenters. The lowest BCUT2D eigenvalue weighted by Crippen LogP contribution is -2.49. The highest BCUT2D eigenvalue weighted by Gasteiger charge is 2.41. The summed E-state index contributed by atoms with van der Waals surface area (Å²) in [6.45, 7) is 7.79. The Balaban J connectivity index is 1.80. The molecule has 3 amide bonds. The lowest BCUT2D eigenvalue weighted by molar-refractivity contribution is -0.136. The molecule has 25 heavy (non-hydrogen) atoms. The van der Waals surface area contributed by atoms with E-state index < -0.39 is 6.09 Å². The van der Waals surface area contributed by atoms with Gasteiger partial charge in [-0.2, -0.15) is 0 Å². The number of nitrogens with one attached hydrogen (secondary N) is 1. The number of alkyl halides is 1. The van der Waals surface area contributed by atoms with Gasteiger partial charge in [0.1, 0.15) is 6.61 Å². The van der Waals surface area contributed by atoms with Gasteiger partial charge in [0, 0.05) is 37.6 Å². The quantitative estimate of drug-likeness (QED) is 0.759. The van der Waals surface area contributed by atoms with Gasteiger partial charge < -0.3 is 19.9 Å². The molecule has 0 saturated carbocycles. The number of amides is 3. The predicted octanol–water partition coefficient (Wildman–Crippen LogP) is 1.59. The maximum absolute atomic E-state index is 12.7. The van der Waals surface area contributed by atoms with Gasteiger partial charge in [-0.15, -0.1) is 11.6 Å². The Labute approximate surface area is 154 Å². The van der Waals surface area contributed by atoms with Crippen LogP contribution in [0.2, 0.25) is 0 Å². The molecule has 0 aromatic rings. The minimum Gasteiger partial charge on any atom is -0.448 e. The summed E-state index contributed by atoms with van der Waals surface area (Å²) < 4.78 is 4.90. The van der Waals surface area contributed by atoms with Crippen molar-refractivity contribution in [3.8, 4) is 0 Å². The van der Waals surface area contributed by atoms with E-state index in [1.807, 2.05) is 25.7 Å². The van der Waals surface area contributed by atoms with Crippen LogP contribution in [0.5, 0.6) is 0 Å².